The molecule has 7 heteroatoms. The molecule has 158 valence electrons. The minimum atomic E-state index is -0.479. The monoisotopic (exact) mass is 436 g/mol. The van der Waals surface area contributed by atoms with Gasteiger partial charge in [-0.3, -0.25) is 9.59 Å². The van der Waals surface area contributed by atoms with Crippen molar-refractivity contribution in [3.8, 4) is 11.5 Å². The van der Waals surface area contributed by atoms with E-state index in [1.54, 1.807) is 35.2 Å². The largest absolute Gasteiger partial charge is 0.493 e. The van der Waals surface area contributed by atoms with E-state index in [0.29, 0.717) is 27.8 Å². The fourth-order valence-electron chi connectivity index (χ4n) is 3.80. The lowest BCUT2D eigenvalue weighted by molar-refractivity contribution is -0.117. The van der Waals surface area contributed by atoms with Crippen molar-refractivity contribution >= 4 is 29.1 Å². The van der Waals surface area contributed by atoms with E-state index in [1.807, 2.05) is 36.4 Å². The van der Waals surface area contributed by atoms with Crippen molar-refractivity contribution in [1.82, 2.24) is 4.90 Å². The van der Waals surface area contributed by atoms with Crippen LogP contribution in [0.25, 0.3) is 0 Å². The molecule has 0 radical (unpaired) electrons. The summed E-state index contributed by atoms with van der Waals surface area (Å²) in [6.07, 6.45) is 0. The zero-order valence-corrected chi connectivity index (χ0v) is 17.8. The Morgan fingerprint density at radius 3 is 2.45 bits per heavy atom. The standard InChI is InChI=1S/C24H21ClN2O4/c1-30-20-11-8-16(12-21(20)31-2)24(29)27-14-22(28)26-19-13-17(25)9-10-18(19)23(27)15-6-4-3-5-7-15/h3-13,23H,14H2,1-2H3,(H,26,28)/t23-/m0/s1. The molecule has 0 saturated heterocycles. The van der Waals surface area contributed by atoms with Crippen molar-refractivity contribution < 1.29 is 19.1 Å². The molecule has 0 fully saturated rings. The first-order valence-corrected chi connectivity index (χ1v) is 10.1. The Kier molecular flexibility index (Phi) is 5.82. The van der Waals surface area contributed by atoms with Gasteiger partial charge in [0.05, 0.1) is 20.3 Å². The summed E-state index contributed by atoms with van der Waals surface area (Å²) in [5.74, 6) is 0.367. The molecule has 1 heterocycles. The number of carbonyl (C=O) groups excluding carboxylic acids is 2. The Balaban J connectivity index is 1.85. The number of hydrogen-bond donors (Lipinski definition) is 1. The van der Waals surface area contributed by atoms with Crippen molar-refractivity contribution in [3.63, 3.8) is 0 Å². The number of fused-ring (bicyclic) bond motifs is 1. The van der Waals surface area contributed by atoms with Crippen LogP contribution in [0.5, 0.6) is 11.5 Å². The van der Waals surface area contributed by atoms with Gasteiger partial charge in [-0.25, -0.2) is 0 Å². The zero-order chi connectivity index (χ0) is 22.0. The van der Waals surface area contributed by atoms with E-state index in [2.05, 4.69) is 5.32 Å². The molecule has 3 aromatic carbocycles. The normalized spacial score (nSPS) is 15.5. The number of amides is 2. The van der Waals surface area contributed by atoms with Crippen LogP contribution in [0, 0.1) is 0 Å². The fraction of sp³-hybridized carbons (Fsp3) is 0.167. The number of nitrogens with one attached hydrogen (secondary N) is 1. The minimum Gasteiger partial charge on any atom is -0.493 e. The first-order valence-electron chi connectivity index (χ1n) is 9.69. The first kappa shape index (κ1) is 20.8. The van der Waals surface area contributed by atoms with Gasteiger partial charge in [0.25, 0.3) is 5.91 Å². The van der Waals surface area contributed by atoms with Gasteiger partial charge in [-0.05, 0) is 35.9 Å². The molecule has 2 amide bonds. The van der Waals surface area contributed by atoms with E-state index < -0.39 is 6.04 Å². The van der Waals surface area contributed by atoms with Gasteiger partial charge >= 0.3 is 0 Å². The third kappa shape index (κ3) is 4.07. The van der Waals surface area contributed by atoms with Gasteiger partial charge in [0.1, 0.15) is 6.54 Å². The van der Waals surface area contributed by atoms with E-state index >= 15 is 0 Å². The number of rotatable bonds is 4. The lowest BCUT2D eigenvalue weighted by atomic mass is 9.95. The summed E-state index contributed by atoms with van der Waals surface area (Å²) in [7, 11) is 3.05. The lowest BCUT2D eigenvalue weighted by Gasteiger charge is -2.31. The van der Waals surface area contributed by atoms with Crippen LogP contribution in [0.4, 0.5) is 5.69 Å². The number of benzene rings is 3. The highest BCUT2D eigenvalue weighted by Gasteiger charge is 2.34. The van der Waals surface area contributed by atoms with Crippen LogP contribution in [0.15, 0.2) is 66.7 Å². The summed E-state index contributed by atoms with van der Waals surface area (Å²) >= 11 is 6.17. The highest BCUT2D eigenvalue weighted by atomic mass is 35.5. The van der Waals surface area contributed by atoms with Crippen LogP contribution >= 0.6 is 11.6 Å². The summed E-state index contributed by atoms with van der Waals surface area (Å²) < 4.78 is 10.6. The quantitative estimate of drug-likeness (QED) is 0.652. The molecule has 0 aromatic heterocycles. The first-order chi connectivity index (χ1) is 15.0. The second-order valence-electron chi connectivity index (χ2n) is 7.10. The molecule has 0 bridgehead atoms. The van der Waals surface area contributed by atoms with Crippen LogP contribution in [0.1, 0.15) is 27.5 Å². The van der Waals surface area contributed by atoms with E-state index in [4.69, 9.17) is 21.1 Å². The Labute approximate surface area is 185 Å². The van der Waals surface area contributed by atoms with Crippen molar-refractivity contribution in [2.45, 2.75) is 6.04 Å². The molecule has 31 heavy (non-hydrogen) atoms. The molecule has 3 aromatic rings. The predicted octanol–water partition coefficient (Wildman–Crippen LogP) is 4.54. The van der Waals surface area contributed by atoms with Gasteiger partial charge in [-0.2, -0.15) is 0 Å². The minimum absolute atomic E-state index is 0.112. The van der Waals surface area contributed by atoms with Gasteiger partial charge in [0.2, 0.25) is 5.91 Å². The van der Waals surface area contributed by atoms with Gasteiger partial charge in [0.15, 0.2) is 11.5 Å². The zero-order valence-electron chi connectivity index (χ0n) is 17.1. The van der Waals surface area contributed by atoms with Crippen LogP contribution in [0.3, 0.4) is 0 Å². The predicted molar refractivity (Wildman–Crippen MR) is 119 cm³/mol. The molecule has 1 atom stereocenters. The van der Waals surface area contributed by atoms with Crippen molar-refractivity contribution in [3.05, 3.63) is 88.4 Å². The third-order valence-corrected chi connectivity index (χ3v) is 5.45. The van der Waals surface area contributed by atoms with Crippen molar-refractivity contribution in [2.24, 2.45) is 0 Å². The van der Waals surface area contributed by atoms with Crippen molar-refractivity contribution in [1.29, 1.82) is 0 Å². The second kappa shape index (κ2) is 8.70. The van der Waals surface area contributed by atoms with Crippen LogP contribution in [-0.2, 0) is 4.79 Å². The molecular formula is C24H21ClN2O4. The summed E-state index contributed by atoms with van der Waals surface area (Å²) in [5.41, 5.74) is 2.66. The van der Waals surface area contributed by atoms with Gasteiger partial charge in [-0.1, -0.05) is 48.0 Å². The molecule has 1 N–H and O–H groups in total. The Bertz CT molecular complexity index is 1130. The number of ether oxygens (including phenoxy) is 2. The molecule has 0 unspecified atom stereocenters. The molecular weight excluding hydrogens is 416 g/mol. The molecule has 1 aliphatic rings. The van der Waals surface area contributed by atoms with Crippen LogP contribution in [0.2, 0.25) is 5.02 Å². The Hall–Kier alpha value is -3.51. The number of halogens is 1. The van der Waals surface area contributed by atoms with E-state index in [0.717, 1.165) is 11.1 Å². The highest BCUT2D eigenvalue weighted by Crippen LogP contribution is 2.38. The molecule has 1 aliphatic heterocycles. The van der Waals surface area contributed by atoms with E-state index in [-0.39, 0.29) is 18.4 Å². The average molecular weight is 437 g/mol. The van der Waals surface area contributed by atoms with Gasteiger partial charge < -0.3 is 19.7 Å². The van der Waals surface area contributed by atoms with Gasteiger partial charge in [-0.15, -0.1) is 0 Å². The number of anilines is 1. The maximum atomic E-state index is 13.6. The molecule has 0 aliphatic carbocycles. The maximum absolute atomic E-state index is 13.6. The fourth-order valence-corrected chi connectivity index (χ4v) is 3.97. The van der Waals surface area contributed by atoms with Crippen molar-refractivity contribution in [2.75, 3.05) is 26.1 Å². The van der Waals surface area contributed by atoms with Crippen LogP contribution in [-0.4, -0.2) is 37.5 Å². The highest BCUT2D eigenvalue weighted by molar-refractivity contribution is 6.31. The van der Waals surface area contributed by atoms with Gasteiger partial charge in [0, 0.05) is 21.8 Å². The molecule has 0 saturated carbocycles. The smallest absolute Gasteiger partial charge is 0.255 e. The second-order valence-corrected chi connectivity index (χ2v) is 7.53. The summed E-state index contributed by atoms with van der Waals surface area (Å²) in [5, 5.41) is 3.38. The summed E-state index contributed by atoms with van der Waals surface area (Å²) in [6, 6.07) is 19.4. The average Bonchev–Trinajstić information content (AvgIpc) is 2.93. The number of methoxy groups -OCH3 is 2. The number of hydrogen-bond acceptors (Lipinski definition) is 4. The Morgan fingerprint density at radius 2 is 1.74 bits per heavy atom. The van der Waals surface area contributed by atoms with E-state index in [9.17, 15) is 9.59 Å². The molecule has 0 spiro atoms. The third-order valence-electron chi connectivity index (χ3n) is 5.22. The maximum Gasteiger partial charge on any atom is 0.255 e. The summed E-state index contributed by atoms with van der Waals surface area (Å²) in [6.45, 7) is -0.112. The summed E-state index contributed by atoms with van der Waals surface area (Å²) in [4.78, 5) is 27.9. The van der Waals surface area contributed by atoms with Crippen LogP contribution < -0.4 is 14.8 Å². The number of carbonyl (C=O) groups is 2. The van der Waals surface area contributed by atoms with E-state index in [1.165, 1.54) is 14.2 Å². The SMILES string of the molecule is COc1ccc(C(=O)N2CC(=O)Nc3cc(Cl)ccc3[C@@H]2c2ccccc2)cc1OC. The topological polar surface area (TPSA) is 67.9 Å². The molecule has 6 nitrogen and oxygen atoms in total. The number of nitrogens with zero attached hydrogens (tertiary/aromatic N) is 1. The molecule has 4 rings (SSSR count). The Morgan fingerprint density at radius 1 is 1.00 bits per heavy atom. The lowest BCUT2D eigenvalue weighted by Crippen LogP contribution is -2.39.